The number of carboxylic acid groups (broad SMARTS) is 1. The maximum atomic E-state index is 16.0. The van der Waals surface area contributed by atoms with E-state index in [9.17, 15) is 60.1 Å². The normalized spacial score (nSPS) is 16.9. The van der Waals surface area contributed by atoms with Crippen LogP contribution in [-0.2, 0) is 32.0 Å². The van der Waals surface area contributed by atoms with Crippen molar-refractivity contribution in [3.05, 3.63) is 113 Å². The molecule has 0 saturated carbocycles. The molecule has 26 heteroatoms. The van der Waals surface area contributed by atoms with E-state index >= 15 is 8.78 Å². The van der Waals surface area contributed by atoms with Crippen molar-refractivity contribution in [3.63, 3.8) is 0 Å². The van der Waals surface area contributed by atoms with Crippen molar-refractivity contribution in [2.45, 2.75) is 83.3 Å². The summed E-state index contributed by atoms with van der Waals surface area (Å²) in [6, 6.07) is 6.31. The second-order valence-corrected chi connectivity index (χ2v) is 19.5. The first-order valence-corrected chi connectivity index (χ1v) is 23.8. The Labute approximate surface area is 436 Å². The topological polar surface area (TPSA) is 211 Å². The highest BCUT2D eigenvalue weighted by Gasteiger charge is 2.57. The highest BCUT2D eigenvalue weighted by molar-refractivity contribution is 5.87. The van der Waals surface area contributed by atoms with E-state index in [1.54, 1.807) is 12.3 Å². The number of alkyl carbamates (subject to hydrolysis) is 1. The quantitative estimate of drug-likeness (QED) is 0.0412. The number of alkyl halides is 6. The molecule has 2 saturated heterocycles. The highest BCUT2D eigenvalue weighted by Crippen LogP contribution is 2.42. The number of carbonyl (C=O) groups is 4. The molecule has 4 heterocycles. The third kappa shape index (κ3) is 14.8. The lowest BCUT2D eigenvalue weighted by Gasteiger charge is -2.44. The van der Waals surface area contributed by atoms with Crippen LogP contribution < -0.4 is 26.3 Å². The van der Waals surface area contributed by atoms with Gasteiger partial charge in [-0.25, -0.2) is 32.8 Å². The summed E-state index contributed by atoms with van der Waals surface area (Å²) < 4.78 is 143. The van der Waals surface area contributed by atoms with Crippen LogP contribution in [0.1, 0.15) is 49.9 Å². The Morgan fingerprint density at radius 3 is 2.03 bits per heavy atom. The lowest BCUT2D eigenvalue weighted by atomic mass is 9.82. The molecule has 2 aliphatic rings. The van der Waals surface area contributed by atoms with Gasteiger partial charge in [-0.2, -0.15) is 26.3 Å². The predicted molar refractivity (Wildman–Crippen MR) is 259 cm³/mol. The number of halogens is 9. The third-order valence-corrected chi connectivity index (χ3v) is 13.4. The van der Waals surface area contributed by atoms with Crippen LogP contribution in [-0.4, -0.2) is 150 Å². The molecule has 77 heavy (non-hydrogen) atoms. The number of aliphatic hydroxyl groups is 1. The van der Waals surface area contributed by atoms with E-state index in [1.807, 2.05) is 16.8 Å². The van der Waals surface area contributed by atoms with E-state index in [0.29, 0.717) is 69.2 Å². The van der Waals surface area contributed by atoms with E-state index in [2.05, 4.69) is 41.7 Å². The molecule has 2 fully saturated rings. The van der Waals surface area contributed by atoms with Crippen molar-refractivity contribution in [2.24, 2.45) is 10.8 Å². The van der Waals surface area contributed by atoms with Gasteiger partial charge in [0.2, 0.25) is 5.91 Å². The van der Waals surface area contributed by atoms with Gasteiger partial charge in [-0.05, 0) is 82.1 Å². The smallest absolute Gasteiger partial charge is 0.407 e. The molecule has 2 aromatic carbocycles. The number of aliphatic hydroxyl groups excluding tert-OH is 1. The fourth-order valence-electron chi connectivity index (χ4n) is 8.43. The number of anilines is 1. The molecule has 4 aromatic rings. The van der Waals surface area contributed by atoms with Crippen molar-refractivity contribution >= 4 is 29.8 Å². The second kappa shape index (κ2) is 24.4. The second-order valence-electron chi connectivity index (χ2n) is 19.5. The SMILES string of the molecule is COC(=O)N[C@H](C(=O)N[C@@H](Cc1ccc(C#Cc2ccc(N3CCN4CCOC[C@H]4C3)nc2)cc1)[C@@H](O)CN(Cc1c(F)cc(-c2cc(F)ccn2)cc1F)NC(=O)[C@@H](NC(=O)O)C(C)(C)C(F)(F)F)C(C)(C)C(F)(F)F. The Balaban J connectivity index is 1.32. The molecule has 0 unspecified atom stereocenters. The van der Waals surface area contributed by atoms with Gasteiger partial charge in [-0.1, -0.05) is 24.0 Å². The number of hydrogen-bond donors (Lipinski definition) is 6. The average Bonchev–Trinajstić information content (AvgIpc) is 3.37. The number of rotatable bonds is 17. The molecule has 2 aliphatic heterocycles. The van der Waals surface area contributed by atoms with Gasteiger partial charge in [-0.3, -0.25) is 24.9 Å². The number of benzene rings is 2. The average molecular weight is 1090 g/mol. The fourth-order valence-corrected chi connectivity index (χ4v) is 8.43. The van der Waals surface area contributed by atoms with E-state index in [4.69, 9.17) is 4.74 Å². The number of fused-ring (bicyclic) bond motifs is 1. The number of ether oxygens (including phenoxy) is 2. The van der Waals surface area contributed by atoms with Crippen molar-refractivity contribution in [3.8, 4) is 23.1 Å². The first-order valence-electron chi connectivity index (χ1n) is 23.8. The largest absolute Gasteiger partial charge is 0.465 e. The molecule has 4 amide bonds. The summed E-state index contributed by atoms with van der Waals surface area (Å²) in [6.07, 6.45) is -14.0. The number of amides is 4. The zero-order valence-electron chi connectivity index (χ0n) is 42.2. The lowest BCUT2D eigenvalue weighted by Crippen LogP contribution is -2.63. The molecule has 0 spiro atoms. The van der Waals surface area contributed by atoms with Crippen molar-refractivity contribution < 1.29 is 78.4 Å². The number of morpholine rings is 1. The number of hydrazine groups is 1. The van der Waals surface area contributed by atoms with Gasteiger partial charge in [0.1, 0.15) is 35.4 Å². The van der Waals surface area contributed by atoms with Crippen LogP contribution in [0.2, 0.25) is 0 Å². The standard InChI is InChI=1S/C51H56F9N9O8/c1-48(2,50(55,56)57)42(65-47(75)76-5)44(71)63-39(20-30-9-6-29(7-10-30)8-11-31-12-13-41(62-24-31)68-17-16-67-18-19-77-28-34(67)25-68)40(70)27-69(66-45(72)43(64-46(73)74)49(3,4)51(58,59)60)26-35-36(53)21-32(22-37(35)54)38-23-33(52)14-15-61-38/h6-7,9-10,12-15,21-24,34,39-40,42-43,64,70H,16-20,25-28H2,1-5H3,(H,63,71)(H,65,75)(H,66,72)(H,73,74)/t34-,39+,40+,42-,43-/m1/s1. The fraction of sp³-hybridized carbons (Fsp3) is 0.451. The minimum atomic E-state index is -5.26. The van der Waals surface area contributed by atoms with Crippen molar-refractivity contribution in [2.75, 3.05) is 57.9 Å². The molecule has 2 aromatic heterocycles. The predicted octanol–water partition coefficient (Wildman–Crippen LogP) is 5.94. The molecule has 5 atom stereocenters. The molecule has 0 radical (unpaired) electrons. The van der Waals surface area contributed by atoms with Crippen LogP contribution >= 0.6 is 0 Å². The zero-order chi connectivity index (χ0) is 56.6. The number of pyridine rings is 2. The van der Waals surface area contributed by atoms with Gasteiger partial charge in [0.05, 0.1) is 55.0 Å². The number of piperazine rings is 1. The minimum absolute atomic E-state index is 0.221. The van der Waals surface area contributed by atoms with Crippen LogP contribution in [0.3, 0.4) is 0 Å². The number of carbonyl (C=O) groups excluding carboxylic acids is 3. The van der Waals surface area contributed by atoms with E-state index in [-0.39, 0.29) is 22.9 Å². The van der Waals surface area contributed by atoms with E-state index < -0.39 is 114 Å². The Morgan fingerprint density at radius 2 is 1.44 bits per heavy atom. The third-order valence-electron chi connectivity index (χ3n) is 13.4. The Morgan fingerprint density at radius 1 is 0.818 bits per heavy atom. The Kier molecular flexibility index (Phi) is 18.7. The van der Waals surface area contributed by atoms with E-state index in [0.717, 1.165) is 57.4 Å². The molecule has 17 nitrogen and oxygen atoms in total. The first-order chi connectivity index (χ1) is 36.1. The monoisotopic (exact) mass is 1090 g/mol. The molecule has 416 valence electrons. The molecule has 0 bridgehead atoms. The van der Waals surface area contributed by atoms with Gasteiger partial charge in [0.15, 0.2) is 0 Å². The number of nitrogens with zero attached hydrogens (tertiary/aromatic N) is 5. The number of aromatic nitrogens is 2. The van der Waals surface area contributed by atoms with Crippen LogP contribution in [0.25, 0.3) is 11.3 Å². The highest BCUT2D eigenvalue weighted by atomic mass is 19.4. The van der Waals surface area contributed by atoms with Gasteiger partial charge < -0.3 is 40.5 Å². The van der Waals surface area contributed by atoms with Gasteiger partial charge in [-0.15, -0.1) is 0 Å². The molecule has 6 rings (SSSR count). The van der Waals surface area contributed by atoms with Crippen molar-refractivity contribution in [1.82, 2.24) is 41.3 Å². The van der Waals surface area contributed by atoms with Crippen LogP contribution in [0.5, 0.6) is 0 Å². The van der Waals surface area contributed by atoms with Gasteiger partial charge >= 0.3 is 24.5 Å². The summed E-state index contributed by atoms with van der Waals surface area (Å²) >= 11 is 0. The first kappa shape index (κ1) is 59.0. The van der Waals surface area contributed by atoms with Crippen LogP contribution in [0, 0.1) is 40.1 Å². The summed E-state index contributed by atoms with van der Waals surface area (Å²) in [5.41, 5.74) is -4.34. The minimum Gasteiger partial charge on any atom is -0.465 e. The summed E-state index contributed by atoms with van der Waals surface area (Å²) in [5.74, 6) is -0.105. The van der Waals surface area contributed by atoms with Gasteiger partial charge in [0.25, 0.3) is 5.91 Å². The summed E-state index contributed by atoms with van der Waals surface area (Å²) in [6.45, 7) is 4.52. The maximum absolute atomic E-state index is 16.0. The Bertz CT molecular complexity index is 2790. The Hall–Kier alpha value is -7.21. The van der Waals surface area contributed by atoms with Crippen LogP contribution in [0.4, 0.5) is 54.9 Å². The van der Waals surface area contributed by atoms with Gasteiger partial charge in [0, 0.05) is 80.0 Å². The summed E-state index contributed by atoms with van der Waals surface area (Å²) in [5, 5.41) is 27.6. The lowest BCUT2D eigenvalue weighted by molar-refractivity contribution is -0.221. The van der Waals surface area contributed by atoms with E-state index in [1.165, 1.54) is 29.6 Å². The van der Waals surface area contributed by atoms with Crippen molar-refractivity contribution in [1.29, 1.82) is 0 Å². The van der Waals surface area contributed by atoms with Crippen LogP contribution in [0.15, 0.2) is 73.1 Å². The summed E-state index contributed by atoms with van der Waals surface area (Å²) in [7, 11) is 0.820. The number of methoxy groups -OCH3 is 1. The number of nitrogens with one attached hydrogen (secondary N) is 4. The number of hydrogen-bond acceptors (Lipinski definition) is 12. The molecular weight excluding hydrogens is 1040 g/mol. The maximum Gasteiger partial charge on any atom is 0.407 e. The molecule has 0 aliphatic carbocycles. The molecular formula is C51H56F9N9O8. The molecule has 6 N–H and O–H groups in total. The summed E-state index contributed by atoms with van der Waals surface area (Å²) in [4.78, 5) is 65.0. The zero-order valence-corrected chi connectivity index (χ0v) is 42.2.